The predicted octanol–water partition coefficient (Wildman–Crippen LogP) is 2.17. The summed E-state index contributed by atoms with van der Waals surface area (Å²) in [6.45, 7) is 3.41. The molecule has 0 fully saturated rings. The van der Waals surface area contributed by atoms with Crippen LogP contribution >= 0.6 is 0 Å². The molecule has 2 N–H and O–H groups in total. The Bertz CT molecular complexity index is 577. The maximum absolute atomic E-state index is 11.9. The Morgan fingerprint density at radius 2 is 2.25 bits per heavy atom. The molecule has 106 valence electrons. The topological polar surface area (TPSA) is 59.0 Å². The molecule has 0 spiro atoms. The predicted molar refractivity (Wildman–Crippen MR) is 79.6 cm³/mol. The number of anilines is 1. The zero-order valence-corrected chi connectivity index (χ0v) is 11.9. The first-order chi connectivity index (χ1) is 9.70. The van der Waals surface area contributed by atoms with E-state index in [1.54, 1.807) is 6.33 Å². The molecule has 5 heteroatoms. The van der Waals surface area contributed by atoms with Crippen LogP contribution in [0.3, 0.4) is 0 Å². The molecule has 5 nitrogen and oxygen atoms in total. The van der Waals surface area contributed by atoms with Gasteiger partial charge >= 0.3 is 0 Å². The van der Waals surface area contributed by atoms with E-state index in [9.17, 15) is 4.79 Å². The highest BCUT2D eigenvalue weighted by atomic mass is 16.1. The summed E-state index contributed by atoms with van der Waals surface area (Å²) in [5, 5.41) is 6.17. The molecule has 1 aromatic carbocycles. The number of rotatable bonds is 6. The van der Waals surface area contributed by atoms with Gasteiger partial charge in [0.15, 0.2) is 0 Å². The van der Waals surface area contributed by atoms with Crippen LogP contribution in [-0.4, -0.2) is 22.0 Å². The highest BCUT2D eigenvalue weighted by molar-refractivity contribution is 5.95. The molecule has 0 aliphatic rings. The molecule has 1 heterocycles. The van der Waals surface area contributed by atoms with Gasteiger partial charge in [0, 0.05) is 31.0 Å². The normalized spacial score (nSPS) is 10.3. The molecule has 0 atom stereocenters. The van der Waals surface area contributed by atoms with Crippen molar-refractivity contribution >= 4 is 11.6 Å². The SMILES string of the molecule is CCCNC(=O)c1cccc(NCc2cncn2C)c1. The molecule has 1 amide bonds. The van der Waals surface area contributed by atoms with Crippen LogP contribution in [0, 0.1) is 0 Å². The number of aromatic nitrogens is 2. The maximum atomic E-state index is 11.9. The first kappa shape index (κ1) is 14.1. The lowest BCUT2D eigenvalue weighted by Gasteiger charge is -2.09. The second-order valence-corrected chi connectivity index (χ2v) is 4.69. The van der Waals surface area contributed by atoms with Crippen LogP contribution in [0.1, 0.15) is 29.4 Å². The van der Waals surface area contributed by atoms with E-state index >= 15 is 0 Å². The van der Waals surface area contributed by atoms with Crippen LogP contribution < -0.4 is 10.6 Å². The first-order valence-electron chi connectivity index (χ1n) is 6.78. The van der Waals surface area contributed by atoms with E-state index in [2.05, 4.69) is 15.6 Å². The third kappa shape index (κ3) is 3.60. The number of imidazole rings is 1. The van der Waals surface area contributed by atoms with Gasteiger partial charge in [-0.05, 0) is 24.6 Å². The molecule has 20 heavy (non-hydrogen) atoms. The zero-order valence-electron chi connectivity index (χ0n) is 11.9. The molecule has 0 saturated carbocycles. The van der Waals surface area contributed by atoms with Gasteiger partial charge < -0.3 is 15.2 Å². The second kappa shape index (κ2) is 6.75. The molecule has 1 aromatic heterocycles. The van der Waals surface area contributed by atoms with Crippen molar-refractivity contribution in [3.05, 3.63) is 48.0 Å². The van der Waals surface area contributed by atoms with Gasteiger partial charge in [0.2, 0.25) is 0 Å². The number of nitrogens with zero attached hydrogens (tertiary/aromatic N) is 2. The molecule has 0 aliphatic carbocycles. The highest BCUT2D eigenvalue weighted by Gasteiger charge is 2.05. The Hall–Kier alpha value is -2.30. The number of benzene rings is 1. The minimum absolute atomic E-state index is 0.0315. The molecular formula is C15H20N4O. The van der Waals surface area contributed by atoms with E-state index in [1.807, 2.05) is 49.0 Å². The Kier molecular flexibility index (Phi) is 4.76. The third-order valence-corrected chi connectivity index (χ3v) is 3.05. The van der Waals surface area contributed by atoms with Crippen LogP contribution in [-0.2, 0) is 13.6 Å². The Morgan fingerprint density at radius 3 is 2.95 bits per heavy atom. The maximum Gasteiger partial charge on any atom is 0.251 e. The summed E-state index contributed by atoms with van der Waals surface area (Å²) in [4.78, 5) is 16.0. The number of carbonyl (C=O) groups is 1. The van der Waals surface area contributed by atoms with Crippen LogP contribution in [0.2, 0.25) is 0 Å². The summed E-state index contributed by atoms with van der Waals surface area (Å²) in [5.74, 6) is -0.0315. The van der Waals surface area contributed by atoms with Crippen molar-refractivity contribution in [2.75, 3.05) is 11.9 Å². The van der Waals surface area contributed by atoms with Gasteiger partial charge in [0.05, 0.1) is 18.6 Å². The molecule has 0 saturated heterocycles. The minimum atomic E-state index is -0.0315. The van der Waals surface area contributed by atoms with Crippen molar-refractivity contribution in [2.45, 2.75) is 19.9 Å². The van der Waals surface area contributed by atoms with Gasteiger partial charge in [-0.15, -0.1) is 0 Å². The average Bonchev–Trinajstić information content (AvgIpc) is 2.88. The fourth-order valence-electron chi connectivity index (χ4n) is 1.86. The van der Waals surface area contributed by atoms with Crippen LogP contribution in [0.15, 0.2) is 36.8 Å². The molecular weight excluding hydrogens is 252 g/mol. The summed E-state index contributed by atoms with van der Waals surface area (Å²) < 4.78 is 1.96. The largest absolute Gasteiger partial charge is 0.379 e. The number of hydrogen-bond acceptors (Lipinski definition) is 3. The summed E-state index contributed by atoms with van der Waals surface area (Å²) in [6, 6.07) is 7.51. The molecule has 2 rings (SSSR count). The molecule has 0 bridgehead atoms. The molecule has 0 unspecified atom stereocenters. The van der Waals surface area contributed by atoms with Crippen molar-refractivity contribution in [2.24, 2.45) is 7.05 Å². The first-order valence-corrected chi connectivity index (χ1v) is 6.78. The fraction of sp³-hybridized carbons (Fsp3) is 0.333. The lowest BCUT2D eigenvalue weighted by molar-refractivity contribution is 0.0953. The van der Waals surface area contributed by atoms with Gasteiger partial charge in [-0.2, -0.15) is 0 Å². The fourth-order valence-corrected chi connectivity index (χ4v) is 1.86. The Labute approximate surface area is 119 Å². The van der Waals surface area contributed by atoms with Gasteiger partial charge in [0.25, 0.3) is 5.91 Å². The van der Waals surface area contributed by atoms with E-state index < -0.39 is 0 Å². The lowest BCUT2D eigenvalue weighted by Crippen LogP contribution is -2.23. The van der Waals surface area contributed by atoms with E-state index in [1.165, 1.54) is 0 Å². The van der Waals surface area contributed by atoms with Crippen molar-refractivity contribution in [3.8, 4) is 0 Å². The average molecular weight is 272 g/mol. The van der Waals surface area contributed by atoms with Gasteiger partial charge in [-0.25, -0.2) is 4.98 Å². The second-order valence-electron chi connectivity index (χ2n) is 4.69. The lowest BCUT2D eigenvalue weighted by atomic mass is 10.2. The standard InChI is InChI=1S/C15H20N4O/c1-3-7-17-15(20)12-5-4-6-13(8-12)18-10-14-9-16-11-19(14)2/h4-6,8-9,11,18H,3,7,10H2,1-2H3,(H,17,20). The summed E-state index contributed by atoms with van der Waals surface area (Å²) in [6.07, 6.45) is 4.53. The summed E-state index contributed by atoms with van der Waals surface area (Å²) in [7, 11) is 1.96. The summed E-state index contributed by atoms with van der Waals surface area (Å²) in [5.41, 5.74) is 2.69. The van der Waals surface area contributed by atoms with E-state index in [-0.39, 0.29) is 5.91 Å². The summed E-state index contributed by atoms with van der Waals surface area (Å²) >= 11 is 0. The van der Waals surface area contributed by atoms with E-state index in [4.69, 9.17) is 0 Å². The van der Waals surface area contributed by atoms with Crippen LogP contribution in [0.25, 0.3) is 0 Å². The quantitative estimate of drug-likeness (QED) is 0.847. The van der Waals surface area contributed by atoms with Crippen molar-refractivity contribution in [1.82, 2.24) is 14.9 Å². The van der Waals surface area contributed by atoms with Crippen LogP contribution in [0.4, 0.5) is 5.69 Å². The van der Waals surface area contributed by atoms with Crippen molar-refractivity contribution in [3.63, 3.8) is 0 Å². The number of hydrogen-bond donors (Lipinski definition) is 2. The smallest absolute Gasteiger partial charge is 0.251 e. The zero-order chi connectivity index (χ0) is 14.4. The number of amides is 1. The van der Waals surface area contributed by atoms with E-state index in [0.29, 0.717) is 18.7 Å². The Morgan fingerprint density at radius 1 is 1.40 bits per heavy atom. The number of aryl methyl sites for hydroxylation is 1. The molecule has 0 radical (unpaired) electrons. The number of nitrogens with one attached hydrogen (secondary N) is 2. The van der Waals surface area contributed by atoms with Crippen molar-refractivity contribution in [1.29, 1.82) is 0 Å². The van der Waals surface area contributed by atoms with Gasteiger partial charge in [0.1, 0.15) is 0 Å². The monoisotopic (exact) mass is 272 g/mol. The Balaban J connectivity index is 1.99. The van der Waals surface area contributed by atoms with E-state index in [0.717, 1.165) is 17.8 Å². The minimum Gasteiger partial charge on any atom is -0.379 e. The van der Waals surface area contributed by atoms with Crippen molar-refractivity contribution < 1.29 is 4.79 Å². The van der Waals surface area contributed by atoms with Gasteiger partial charge in [-0.3, -0.25) is 4.79 Å². The van der Waals surface area contributed by atoms with Crippen LogP contribution in [0.5, 0.6) is 0 Å². The third-order valence-electron chi connectivity index (χ3n) is 3.05. The molecule has 2 aromatic rings. The molecule has 0 aliphatic heterocycles. The number of carbonyl (C=O) groups excluding carboxylic acids is 1. The van der Waals surface area contributed by atoms with Gasteiger partial charge in [-0.1, -0.05) is 13.0 Å². The highest BCUT2D eigenvalue weighted by Crippen LogP contribution is 2.12.